The van der Waals surface area contributed by atoms with Crippen LogP contribution in [0.5, 0.6) is 0 Å². The maximum atomic E-state index is 12.2. The molecule has 2 atom stereocenters. The normalized spacial score (nSPS) is 21.4. The smallest absolute Gasteiger partial charge is 0.254 e. The van der Waals surface area contributed by atoms with Gasteiger partial charge in [-0.3, -0.25) is 9.48 Å². The largest absolute Gasteiger partial charge is 0.371 e. The molecule has 3 rings (SSSR count). The van der Waals surface area contributed by atoms with Crippen molar-refractivity contribution in [3.8, 4) is 0 Å². The molecule has 1 N–H and O–H groups in total. The quantitative estimate of drug-likeness (QED) is 0.947. The van der Waals surface area contributed by atoms with E-state index >= 15 is 0 Å². The molecule has 21 heavy (non-hydrogen) atoms. The van der Waals surface area contributed by atoms with Crippen molar-refractivity contribution in [2.75, 3.05) is 6.61 Å². The lowest BCUT2D eigenvalue weighted by molar-refractivity contribution is 0.0821. The molecule has 1 aliphatic heterocycles. The van der Waals surface area contributed by atoms with Crippen LogP contribution in [-0.4, -0.2) is 28.3 Å². The van der Waals surface area contributed by atoms with Crippen LogP contribution in [0.2, 0.25) is 5.02 Å². The van der Waals surface area contributed by atoms with E-state index in [0.717, 1.165) is 12.0 Å². The number of halogens is 1. The van der Waals surface area contributed by atoms with E-state index in [1.807, 2.05) is 24.3 Å². The fraction of sp³-hybridized carbons (Fsp3) is 0.333. The third kappa shape index (κ3) is 3.09. The number of benzene rings is 1. The van der Waals surface area contributed by atoms with Gasteiger partial charge in [0.25, 0.3) is 5.91 Å². The highest BCUT2D eigenvalue weighted by Gasteiger charge is 2.31. The molecule has 0 bridgehead atoms. The fourth-order valence-electron chi connectivity index (χ4n) is 2.51. The van der Waals surface area contributed by atoms with E-state index in [-0.39, 0.29) is 18.1 Å². The second-order valence-electron chi connectivity index (χ2n) is 5.11. The second kappa shape index (κ2) is 5.87. The Morgan fingerprint density at radius 3 is 2.86 bits per heavy atom. The molecule has 0 radical (unpaired) electrons. The lowest BCUT2D eigenvalue weighted by Gasteiger charge is -2.20. The summed E-state index contributed by atoms with van der Waals surface area (Å²) in [6.45, 7) is 0.630. The highest BCUT2D eigenvalue weighted by Crippen LogP contribution is 2.30. The number of carbonyl (C=O) groups excluding carboxylic acids is 1. The monoisotopic (exact) mass is 305 g/mol. The first-order chi connectivity index (χ1) is 10.1. The third-order valence-electron chi connectivity index (χ3n) is 3.57. The van der Waals surface area contributed by atoms with Gasteiger partial charge >= 0.3 is 0 Å². The molecule has 1 aromatic heterocycles. The van der Waals surface area contributed by atoms with Crippen molar-refractivity contribution in [1.82, 2.24) is 15.1 Å². The van der Waals surface area contributed by atoms with Crippen LogP contribution < -0.4 is 5.32 Å². The van der Waals surface area contributed by atoms with Crippen molar-refractivity contribution < 1.29 is 9.53 Å². The topological polar surface area (TPSA) is 56.2 Å². The second-order valence-corrected chi connectivity index (χ2v) is 5.55. The number of nitrogens with zero attached hydrogens (tertiary/aromatic N) is 2. The Labute approximate surface area is 127 Å². The van der Waals surface area contributed by atoms with Gasteiger partial charge in [0.1, 0.15) is 6.10 Å². The number of ether oxygens (including phenoxy) is 1. The zero-order valence-electron chi connectivity index (χ0n) is 11.6. The summed E-state index contributed by atoms with van der Waals surface area (Å²) in [5, 5.41) is 7.72. The minimum Gasteiger partial charge on any atom is -0.371 e. The van der Waals surface area contributed by atoms with Gasteiger partial charge in [-0.15, -0.1) is 0 Å². The number of aromatic nitrogens is 2. The van der Waals surface area contributed by atoms with Crippen LogP contribution in [0.25, 0.3) is 0 Å². The molecule has 5 nitrogen and oxygen atoms in total. The summed E-state index contributed by atoms with van der Waals surface area (Å²) < 4.78 is 7.36. The summed E-state index contributed by atoms with van der Waals surface area (Å²) >= 11 is 5.90. The molecule has 1 fully saturated rings. The first kappa shape index (κ1) is 14.1. The van der Waals surface area contributed by atoms with Crippen LogP contribution >= 0.6 is 11.6 Å². The highest BCUT2D eigenvalue weighted by molar-refractivity contribution is 6.30. The summed E-state index contributed by atoms with van der Waals surface area (Å²) in [4.78, 5) is 12.2. The van der Waals surface area contributed by atoms with Gasteiger partial charge in [-0.25, -0.2) is 0 Å². The predicted molar refractivity (Wildman–Crippen MR) is 79.2 cm³/mol. The molecular formula is C15H16ClN3O2. The average Bonchev–Trinajstić information content (AvgIpc) is 3.09. The molecule has 2 heterocycles. The van der Waals surface area contributed by atoms with Crippen LogP contribution in [-0.2, 0) is 11.8 Å². The van der Waals surface area contributed by atoms with E-state index in [9.17, 15) is 4.79 Å². The predicted octanol–water partition coefficient (Wildman–Crippen LogP) is 2.33. The van der Waals surface area contributed by atoms with Gasteiger partial charge in [0.2, 0.25) is 0 Å². The van der Waals surface area contributed by atoms with E-state index in [4.69, 9.17) is 16.3 Å². The standard InChI is InChI=1S/C15H16ClN3O2/c1-19-9-11(8-17-19)15(20)18-13-6-7-21-14(13)10-2-4-12(16)5-3-10/h2-5,8-9,13-14H,6-7H2,1H3,(H,18,20)/t13-,14+/m1/s1. The minimum absolute atomic E-state index is 0.0427. The fourth-order valence-corrected chi connectivity index (χ4v) is 2.63. The Bertz CT molecular complexity index is 639. The number of amides is 1. The number of aryl methyl sites for hydroxylation is 1. The lowest BCUT2D eigenvalue weighted by atomic mass is 10.0. The number of hydrogen-bond acceptors (Lipinski definition) is 3. The Morgan fingerprint density at radius 1 is 1.43 bits per heavy atom. The Morgan fingerprint density at radius 2 is 2.19 bits per heavy atom. The van der Waals surface area contributed by atoms with Crippen molar-refractivity contribution in [3.63, 3.8) is 0 Å². The van der Waals surface area contributed by atoms with Crippen LogP contribution in [0.4, 0.5) is 0 Å². The van der Waals surface area contributed by atoms with Gasteiger partial charge in [0, 0.05) is 24.9 Å². The van der Waals surface area contributed by atoms with Crippen molar-refractivity contribution in [2.45, 2.75) is 18.6 Å². The summed E-state index contributed by atoms with van der Waals surface area (Å²) in [7, 11) is 1.78. The highest BCUT2D eigenvalue weighted by atomic mass is 35.5. The molecule has 0 saturated carbocycles. The first-order valence-electron chi connectivity index (χ1n) is 6.80. The summed E-state index contributed by atoms with van der Waals surface area (Å²) in [5.41, 5.74) is 1.58. The van der Waals surface area contributed by atoms with Gasteiger partial charge in [-0.1, -0.05) is 23.7 Å². The van der Waals surface area contributed by atoms with Gasteiger partial charge in [0.05, 0.1) is 17.8 Å². The molecule has 1 aromatic carbocycles. The maximum Gasteiger partial charge on any atom is 0.254 e. The lowest BCUT2D eigenvalue weighted by Crippen LogP contribution is -2.36. The van der Waals surface area contributed by atoms with Crippen LogP contribution in [0.3, 0.4) is 0 Å². The molecule has 1 saturated heterocycles. The zero-order chi connectivity index (χ0) is 14.8. The summed E-state index contributed by atoms with van der Waals surface area (Å²) in [6.07, 6.45) is 3.91. The molecule has 0 unspecified atom stereocenters. The van der Waals surface area contributed by atoms with Gasteiger partial charge in [-0.2, -0.15) is 5.10 Å². The molecule has 0 spiro atoms. The molecule has 1 amide bonds. The first-order valence-corrected chi connectivity index (χ1v) is 7.18. The van der Waals surface area contributed by atoms with Crippen molar-refractivity contribution in [2.24, 2.45) is 7.05 Å². The Balaban J connectivity index is 1.72. The number of carbonyl (C=O) groups is 1. The SMILES string of the molecule is Cn1cc(C(=O)N[C@@H]2CCO[C@H]2c2ccc(Cl)cc2)cn1. The van der Waals surface area contributed by atoms with E-state index in [2.05, 4.69) is 10.4 Å². The molecular weight excluding hydrogens is 290 g/mol. The molecule has 1 aliphatic rings. The Hall–Kier alpha value is -1.85. The minimum atomic E-state index is -0.136. The zero-order valence-corrected chi connectivity index (χ0v) is 12.4. The summed E-state index contributed by atoms with van der Waals surface area (Å²) in [5.74, 6) is -0.127. The van der Waals surface area contributed by atoms with Crippen LogP contribution in [0.1, 0.15) is 28.4 Å². The van der Waals surface area contributed by atoms with Crippen LogP contribution in [0.15, 0.2) is 36.7 Å². The van der Waals surface area contributed by atoms with Gasteiger partial charge in [0.15, 0.2) is 0 Å². The molecule has 110 valence electrons. The number of rotatable bonds is 3. The van der Waals surface area contributed by atoms with E-state index in [1.54, 1.807) is 24.1 Å². The van der Waals surface area contributed by atoms with Gasteiger partial charge < -0.3 is 10.1 Å². The van der Waals surface area contributed by atoms with Crippen LogP contribution in [0, 0.1) is 0 Å². The van der Waals surface area contributed by atoms with Crippen molar-refractivity contribution in [1.29, 1.82) is 0 Å². The molecule has 6 heteroatoms. The third-order valence-corrected chi connectivity index (χ3v) is 3.83. The van der Waals surface area contributed by atoms with Gasteiger partial charge in [-0.05, 0) is 24.1 Å². The number of hydrogen-bond donors (Lipinski definition) is 1. The maximum absolute atomic E-state index is 12.2. The van der Waals surface area contributed by atoms with E-state index < -0.39 is 0 Å². The molecule has 0 aliphatic carbocycles. The average molecular weight is 306 g/mol. The van der Waals surface area contributed by atoms with E-state index in [0.29, 0.717) is 17.2 Å². The van der Waals surface area contributed by atoms with E-state index in [1.165, 1.54) is 0 Å². The molecule has 2 aromatic rings. The van der Waals surface area contributed by atoms with Crippen molar-refractivity contribution >= 4 is 17.5 Å². The van der Waals surface area contributed by atoms with Crippen molar-refractivity contribution in [3.05, 3.63) is 52.8 Å². The summed E-state index contributed by atoms with van der Waals surface area (Å²) in [6, 6.07) is 7.49. The number of nitrogens with one attached hydrogen (secondary N) is 1. The Kier molecular flexibility index (Phi) is 3.94.